The van der Waals surface area contributed by atoms with Crippen LogP contribution in [0.5, 0.6) is 5.75 Å². The normalized spacial score (nSPS) is 11.6. The molecular formula is C12H15NO2. The van der Waals surface area contributed by atoms with Crippen molar-refractivity contribution >= 4 is 6.08 Å². The summed E-state index contributed by atoms with van der Waals surface area (Å²) in [6.45, 7) is 4.50. The van der Waals surface area contributed by atoms with Crippen molar-refractivity contribution in [2.75, 3.05) is 6.61 Å². The van der Waals surface area contributed by atoms with Gasteiger partial charge in [0.05, 0.1) is 12.6 Å². The first kappa shape index (κ1) is 11.5. The third kappa shape index (κ3) is 3.96. The molecular weight excluding hydrogens is 190 g/mol. The highest BCUT2D eigenvalue weighted by Gasteiger charge is 2.02. The van der Waals surface area contributed by atoms with Crippen LogP contribution in [0.4, 0.5) is 0 Å². The second-order valence-corrected chi connectivity index (χ2v) is 3.35. The van der Waals surface area contributed by atoms with Crippen LogP contribution in [0.15, 0.2) is 29.3 Å². The molecule has 0 aromatic heterocycles. The highest BCUT2D eigenvalue weighted by molar-refractivity contribution is 5.34. The summed E-state index contributed by atoms with van der Waals surface area (Å²) in [5.74, 6) is 0.859. The van der Waals surface area contributed by atoms with E-state index in [2.05, 4.69) is 4.99 Å². The molecule has 0 spiro atoms. The van der Waals surface area contributed by atoms with Crippen LogP contribution >= 0.6 is 0 Å². The summed E-state index contributed by atoms with van der Waals surface area (Å²) in [6, 6.07) is 7.80. The van der Waals surface area contributed by atoms with Gasteiger partial charge in [-0.05, 0) is 38.0 Å². The second kappa shape index (κ2) is 5.99. The maximum absolute atomic E-state index is 10.1. The molecule has 0 bridgehead atoms. The summed E-state index contributed by atoms with van der Waals surface area (Å²) in [7, 11) is 0. The Morgan fingerprint density at radius 3 is 3.00 bits per heavy atom. The number of ether oxygens (including phenoxy) is 1. The Morgan fingerprint density at radius 2 is 2.33 bits per heavy atom. The number of rotatable bonds is 5. The molecule has 3 heteroatoms. The van der Waals surface area contributed by atoms with E-state index >= 15 is 0 Å². The third-order valence-corrected chi connectivity index (χ3v) is 2.01. The van der Waals surface area contributed by atoms with Crippen LogP contribution in [0.1, 0.15) is 19.4 Å². The van der Waals surface area contributed by atoms with Crippen molar-refractivity contribution in [3.63, 3.8) is 0 Å². The number of isocyanates is 1. The third-order valence-electron chi connectivity index (χ3n) is 2.01. The Bertz CT molecular complexity index is 356. The lowest BCUT2D eigenvalue weighted by atomic mass is 10.1. The fourth-order valence-corrected chi connectivity index (χ4v) is 1.41. The van der Waals surface area contributed by atoms with Gasteiger partial charge in [-0.1, -0.05) is 12.1 Å². The number of carbonyl (C=O) groups excluding carboxylic acids is 1. The predicted molar refractivity (Wildman–Crippen MR) is 58.9 cm³/mol. The van der Waals surface area contributed by atoms with Crippen LogP contribution < -0.4 is 4.74 Å². The smallest absolute Gasteiger partial charge is 0.235 e. The van der Waals surface area contributed by atoms with E-state index in [1.807, 2.05) is 38.1 Å². The van der Waals surface area contributed by atoms with Gasteiger partial charge >= 0.3 is 0 Å². The van der Waals surface area contributed by atoms with Crippen LogP contribution in [-0.4, -0.2) is 18.7 Å². The van der Waals surface area contributed by atoms with E-state index in [1.54, 1.807) is 6.08 Å². The Kier molecular flexibility index (Phi) is 4.58. The van der Waals surface area contributed by atoms with Gasteiger partial charge in [0.1, 0.15) is 5.75 Å². The van der Waals surface area contributed by atoms with Crippen molar-refractivity contribution < 1.29 is 9.53 Å². The first-order chi connectivity index (χ1) is 7.26. The lowest BCUT2D eigenvalue weighted by molar-refractivity contribution is 0.340. The monoisotopic (exact) mass is 205 g/mol. The van der Waals surface area contributed by atoms with Gasteiger partial charge in [0.25, 0.3) is 0 Å². The summed E-state index contributed by atoms with van der Waals surface area (Å²) in [4.78, 5) is 13.7. The molecule has 15 heavy (non-hydrogen) atoms. The minimum Gasteiger partial charge on any atom is -0.494 e. The van der Waals surface area contributed by atoms with Gasteiger partial charge < -0.3 is 4.74 Å². The summed E-state index contributed by atoms with van der Waals surface area (Å²) >= 11 is 0. The maximum Gasteiger partial charge on any atom is 0.235 e. The highest BCUT2D eigenvalue weighted by atomic mass is 16.5. The zero-order valence-corrected chi connectivity index (χ0v) is 9.06. The van der Waals surface area contributed by atoms with Crippen molar-refractivity contribution in [3.8, 4) is 5.75 Å². The van der Waals surface area contributed by atoms with Gasteiger partial charge in [-0.15, -0.1) is 0 Å². The fraction of sp³-hybridized carbons (Fsp3) is 0.417. The molecule has 0 saturated carbocycles. The Morgan fingerprint density at radius 1 is 1.53 bits per heavy atom. The Labute approximate surface area is 89.8 Å². The fourth-order valence-electron chi connectivity index (χ4n) is 1.41. The summed E-state index contributed by atoms with van der Waals surface area (Å²) in [5, 5.41) is 0. The number of hydrogen-bond acceptors (Lipinski definition) is 3. The van der Waals surface area contributed by atoms with E-state index in [0.29, 0.717) is 6.61 Å². The number of benzene rings is 1. The Balaban J connectivity index is 2.68. The number of hydrogen-bond donors (Lipinski definition) is 0. The highest BCUT2D eigenvalue weighted by Crippen LogP contribution is 2.15. The summed E-state index contributed by atoms with van der Waals surface area (Å²) in [6.07, 6.45) is 2.30. The van der Waals surface area contributed by atoms with Crippen LogP contribution in [0.3, 0.4) is 0 Å². The molecule has 1 unspecified atom stereocenters. The van der Waals surface area contributed by atoms with Crippen LogP contribution in [0.25, 0.3) is 0 Å². The summed E-state index contributed by atoms with van der Waals surface area (Å²) in [5.41, 5.74) is 1.12. The predicted octanol–water partition coefficient (Wildman–Crippen LogP) is 2.35. The standard InChI is InChI=1S/C12H15NO2/c1-3-15-12-6-4-5-11(8-12)7-10(2)13-9-14/h4-6,8,10H,3,7H2,1-2H3. The zero-order valence-electron chi connectivity index (χ0n) is 9.06. The minimum atomic E-state index is -0.0284. The van der Waals surface area contributed by atoms with Gasteiger partial charge in [-0.3, -0.25) is 0 Å². The van der Waals surface area contributed by atoms with Crippen LogP contribution in [0, 0.1) is 0 Å². The van der Waals surface area contributed by atoms with E-state index in [9.17, 15) is 4.79 Å². The minimum absolute atomic E-state index is 0.0284. The lowest BCUT2D eigenvalue weighted by Crippen LogP contribution is -2.02. The molecule has 0 heterocycles. The molecule has 0 aliphatic carbocycles. The van der Waals surface area contributed by atoms with Crippen molar-refractivity contribution in [2.24, 2.45) is 4.99 Å². The zero-order chi connectivity index (χ0) is 11.1. The average molecular weight is 205 g/mol. The molecule has 0 fully saturated rings. The van der Waals surface area contributed by atoms with Crippen molar-refractivity contribution in [1.82, 2.24) is 0 Å². The molecule has 0 saturated heterocycles. The Hall–Kier alpha value is -1.60. The van der Waals surface area contributed by atoms with Gasteiger partial charge in [0.2, 0.25) is 6.08 Å². The van der Waals surface area contributed by atoms with Gasteiger partial charge in [-0.2, -0.15) is 0 Å². The quantitative estimate of drug-likeness (QED) is 0.546. The molecule has 0 amide bonds. The molecule has 80 valence electrons. The second-order valence-electron chi connectivity index (χ2n) is 3.35. The van der Waals surface area contributed by atoms with Crippen molar-refractivity contribution in [1.29, 1.82) is 0 Å². The molecule has 3 nitrogen and oxygen atoms in total. The van der Waals surface area contributed by atoms with Gasteiger partial charge in [-0.25, -0.2) is 9.79 Å². The molecule has 1 aromatic carbocycles. The average Bonchev–Trinajstić information content (AvgIpc) is 2.19. The molecule has 0 N–H and O–H groups in total. The molecule has 1 rings (SSSR count). The SMILES string of the molecule is CCOc1cccc(CC(C)N=C=O)c1. The number of aliphatic imine (C=N–C) groups is 1. The number of nitrogens with zero attached hydrogens (tertiary/aromatic N) is 1. The lowest BCUT2D eigenvalue weighted by Gasteiger charge is -2.07. The van der Waals surface area contributed by atoms with E-state index in [4.69, 9.17) is 4.74 Å². The first-order valence-electron chi connectivity index (χ1n) is 5.05. The van der Waals surface area contributed by atoms with Gasteiger partial charge in [0.15, 0.2) is 0 Å². The summed E-state index contributed by atoms with van der Waals surface area (Å²) < 4.78 is 5.38. The van der Waals surface area contributed by atoms with Crippen LogP contribution in [0.2, 0.25) is 0 Å². The molecule has 0 radical (unpaired) electrons. The molecule has 0 aliphatic heterocycles. The first-order valence-corrected chi connectivity index (χ1v) is 5.05. The maximum atomic E-state index is 10.1. The van der Waals surface area contributed by atoms with Gasteiger partial charge in [0, 0.05) is 0 Å². The van der Waals surface area contributed by atoms with E-state index in [-0.39, 0.29) is 6.04 Å². The topological polar surface area (TPSA) is 38.7 Å². The van der Waals surface area contributed by atoms with E-state index < -0.39 is 0 Å². The molecule has 1 aromatic rings. The van der Waals surface area contributed by atoms with Crippen molar-refractivity contribution in [2.45, 2.75) is 26.3 Å². The van der Waals surface area contributed by atoms with Crippen molar-refractivity contribution in [3.05, 3.63) is 29.8 Å². The van der Waals surface area contributed by atoms with E-state index in [1.165, 1.54) is 0 Å². The van der Waals surface area contributed by atoms with Crippen LogP contribution in [-0.2, 0) is 11.2 Å². The molecule has 0 aliphatic rings. The molecule has 1 atom stereocenters. The van der Waals surface area contributed by atoms with E-state index in [0.717, 1.165) is 17.7 Å². The largest absolute Gasteiger partial charge is 0.494 e.